The summed E-state index contributed by atoms with van der Waals surface area (Å²) in [5, 5.41) is 20.2. The minimum Gasteiger partial charge on any atom is -0.354 e. The van der Waals surface area contributed by atoms with E-state index in [0.29, 0.717) is 11.6 Å². The van der Waals surface area contributed by atoms with Crippen molar-refractivity contribution in [1.29, 1.82) is 5.26 Å². The van der Waals surface area contributed by atoms with Crippen LogP contribution >= 0.6 is 11.6 Å². The van der Waals surface area contributed by atoms with Crippen molar-refractivity contribution in [2.24, 2.45) is 0 Å². The van der Waals surface area contributed by atoms with Gasteiger partial charge in [-0.05, 0) is 23.8 Å². The summed E-state index contributed by atoms with van der Waals surface area (Å²) < 4.78 is 0. The van der Waals surface area contributed by atoms with Crippen molar-refractivity contribution < 1.29 is 0 Å². The van der Waals surface area contributed by atoms with Crippen LogP contribution in [-0.4, -0.2) is 21.6 Å². The number of nitrogens with one attached hydrogen (secondary N) is 2. The fourth-order valence-electron chi connectivity index (χ4n) is 2.81. The Kier molecular flexibility index (Phi) is 4.59. The molecule has 0 spiro atoms. The summed E-state index contributed by atoms with van der Waals surface area (Å²) in [5.74, 6) is 0.806. The molecule has 3 rings (SSSR count). The highest BCUT2D eigenvalue weighted by atomic mass is 35.5. The van der Waals surface area contributed by atoms with E-state index in [4.69, 9.17) is 16.9 Å². The van der Waals surface area contributed by atoms with Crippen LogP contribution in [-0.2, 0) is 13.0 Å². The first-order valence-electron chi connectivity index (χ1n) is 7.66. The van der Waals surface area contributed by atoms with Crippen LogP contribution in [0.2, 0.25) is 5.02 Å². The second-order valence-corrected chi connectivity index (χ2v) is 6.16. The number of hydrogen-bond acceptors (Lipinski definition) is 4. The van der Waals surface area contributed by atoms with Crippen molar-refractivity contribution in [3.05, 3.63) is 65.2 Å². The highest BCUT2D eigenvalue weighted by Gasteiger charge is 2.23. The number of allylic oxidation sites excluding steroid dienone is 1. The Labute approximate surface area is 146 Å². The predicted octanol–water partition coefficient (Wildman–Crippen LogP) is 3.93. The number of rotatable bonds is 5. The number of nitriles is 1. The van der Waals surface area contributed by atoms with Gasteiger partial charge in [0.05, 0.1) is 24.0 Å². The Morgan fingerprint density at radius 3 is 3.04 bits per heavy atom. The summed E-state index contributed by atoms with van der Waals surface area (Å²) in [4.78, 5) is 2.15. The van der Waals surface area contributed by atoms with Crippen molar-refractivity contribution in [2.45, 2.75) is 19.4 Å². The first-order chi connectivity index (χ1) is 11.6. The highest BCUT2D eigenvalue weighted by Crippen LogP contribution is 2.28. The highest BCUT2D eigenvalue weighted by molar-refractivity contribution is 6.30. The molecule has 0 bridgehead atoms. The number of anilines is 1. The molecule has 2 N–H and O–H groups in total. The maximum absolute atomic E-state index is 8.87. The van der Waals surface area contributed by atoms with E-state index < -0.39 is 0 Å². The van der Waals surface area contributed by atoms with E-state index in [9.17, 15) is 0 Å². The molecule has 0 saturated heterocycles. The Bertz CT molecular complexity index is 830. The predicted molar refractivity (Wildman–Crippen MR) is 96.2 cm³/mol. The molecule has 0 saturated carbocycles. The van der Waals surface area contributed by atoms with Crippen LogP contribution < -0.4 is 5.32 Å². The number of aromatic amines is 1. The largest absolute Gasteiger partial charge is 0.354 e. The lowest BCUT2D eigenvalue weighted by Crippen LogP contribution is -2.32. The van der Waals surface area contributed by atoms with Crippen LogP contribution in [0.25, 0.3) is 5.57 Å². The maximum atomic E-state index is 8.87. The lowest BCUT2D eigenvalue weighted by Gasteiger charge is -2.31. The average molecular weight is 340 g/mol. The number of fused-ring (bicyclic) bond motifs is 1. The van der Waals surface area contributed by atoms with Crippen molar-refractivity contribution in [3.8, 4) is 6.07 Å². The number of nitrogens with zero attached hydrogens (tertiary/aromatic N) is 3. The monoisotopic (exact) mass is 339 g/mol. The van der Waals surface area contributed by atoms with E-state index in [2.05, 4.69) is 39.6 Å². The van der Waals surface area contributed by atoms with Crippen LogP contribution in [0.3, 0.4) is 0 Å². The maximum Gasteiger partial charge on any atom is 0.0986 e. The molecule has 0 atom stereocenters. The van der Waals surface area contributed by atoms with Gasteiger partial charge in [0.1, 0.15) is 0 Å². The van der Waals surface area contributed by atoms with E-state index >= 15 is 0 Å². The third kappa shape index (κ3) is 3.29. The quantitative estimate of drug-likeness (QED) is 0.866. The van der Waals surface area contributed by atoms with Crippen LogP contribution in [0, 0.1) is 11.3 Å². The fraction of sp³-hybridized carbons (Fsp3) is 0.222. The average Bonchev–Trinajstić information content (AvgIpc) is 2.98. The van der Waals surface area contributed by atoms with E-state index in [1.165, 1.54) is 0 Å². The number of aromatic nitrogens is 2. The molecule has 0 amide bonds. The number of H-pyrrole nitrogens is 1. The van der Waals surface area contributed by atoms with Gasteiger partial charge in [-0.15, -0.1) is 0 Å². The molecule has 1 aromatic carbocycles. The minimum absolute atomic E-state index is 0.277. The zero-order chi connectivity index (χ0) is 17.1. The Hall–Kier alpha value is -2.71. The molecule has 1 aromatic heterocycles. The van der Waals surface area contributed by atoms with E-state index in [1.807, 2.05) is 24.3 Å². The second kappa shape index (κ2) is 6.81. The van der Waals surface area contributed by atoms with E-state index in [0.717, 1.165) is 47.0 Å². The molecule has 0 fully saturated rings. The molecule has 0 unspecified atom stereocenters. The third-order valence-corrected chi connectivity index (χ3v) is 4.29. The molecule has 24 heavy (non-hydrogen) atoms. The lowest BCUT2D eigenvalue weighted by atomic mass is 10.0. The number of hydrogen-bond donors (Lipinski definition) is 2. The molecule has 1 aliphatic heterocycles. The summed E-state index contributed by atoms with van der Waals surface area (Å²) in [7, 11) is 0. The van der Waals surface area contributed by atoms with Crippen LogP contribution in [0.15, 0.2) is 43.2 Å². The van der Waals surface area contributed by atoms with Gasteiger partial charge in [0, 0.05) is 41.5 Å². The Morgan fingerprint density at radius 1 is 1.46 bits per heavy atom. The van der Waals surface area contributed by atoms with Gasteiger partial charge < -0.3 is 10.2 Å². The lowest BCUT2D eigenvalue weighted by molar-refractivity contribution is 0.325. The Balaban J connectivity index is 1.74. The number of halogens is 1. The van der Waals surface area contributed by atoms with E-state index in [-0.39, 0.29) is 6.42 Å². The molecule has 5 nitrogen and oxygen atoms in total. The van der Waals surface area contributed by atoms with Gasteiger partial charge in [0.2, 0.25) is 0 Å². The first-order valence-corrected chi connectivity index (χ1v) is 8.04. The molecule has 0 aliphatic carbocycles. The summed E-state index contributed by atoms with van der Waals surface area (Å²) in [6.45, 7) is 9.62. The second-order valence-electron chi connectivity index (χ2n) is 5.72. The fourth-order valence-corrected chi connectivity index (χ4v) is 3.00. The zero-order valence-electron chi connectivity index (χ0n) is 13.3. The topological polar surface area (TPSA) is 67.7 Å². The SMILES string of the molecule is C=C(CC#N)c1n[nH]c2c1CN(C(=C)Nc1cccc(Cl)c1)CC2. The molecule has 6 heteroatoms. The molecular weight excluding hydrogens is 322 g/mol. The Morgan fingerprint density at radius 2 is 2.29 bits per heavy atom. The molecular formula is C18H18ClN5. The van der Waals surface area contributed by atoms with Gasteiger partial charge in [0.25, 0.3) is 0 Å². The van der Waals surface area contributed by atoms with Gasteiger partial charge in [-0.1, -0.05) is 30.8 Å². The van der Waals surface area contributed by atoms with Crippen molar-refractivity contribution in [3.63, 3.8) is 0 Å². The van der Waals surface area contributed by atoms with E-state index in [1.54, 1.807) is 0 Å². The summed E-state index contributed by atoms with van der Waals surface area (Å²) in [5.41, 5.74) is 4.64. The normalized spacial score (nSPS) is 13.1. The molecule has 2 heterocycles. The number of benzene rings is 1. The van der Waals surface area contributed by atoms with Crippen molar-refractivity contribution >= 4 is 22.9 Å². The first kappa shape index (κ1) is 16.2. The third-order valence-electron chi connectivity index (χ3n) is 4.06. The molecule has 2 aromatic rings. The van der Waals surface area contributed by atoms with Crippen molar-refractivity contribution in [1.82, 2.24) is 15.1 Å². The van der Waals surface area contributed by atoms with Crippen LogP contribution in [0.1, 0.15) is 23.4 Å². The van der Waals surface area contributed by atoms with Gasteiger partial charge >= 0.3 is 0 Å². The standard InChI is InChI=1S/C18H18ClN5/c1-12(6-8-20)18-16-11-24(9-7-17(16)22-23-18)13(2)21-15-5-3-4-14(19)10-15/h3-5,10,21H,1-2,6-7,9,11H2,(H,22,23). The summed E-state index contributed by atoms with van der Waals surface area (Å²) >= 11 is 6.02. The summed E-state index contributed by atoms with van der Waals surface area (Å²) in [6, 6.07) is 9.66. The zero-order valence-corrected chi connectivity index (χ0v) is 14.0. The van der Waals surface area contributed by atoms with Crippen molar-refractivity contribution in [2.75, 3.05) is 11.9 Å². The molecule has 122 valence electrons. The minimum atomic E-state index is 0.277. The molecule has 1 aliphatic rings. The van der Waals surface area contributed by atoms with Gasteiger partial charge in [-0.2, -0.15) is 10.4 Å². The van der Waals surface area contributed by atoms with Crippen LogP contribution in [0.5, 0.6) is 0 Å². The van der Waals surface area contributed by atoms with Gasteiger partial charge in [-0.25, -0.2) is 0 Å². The molecule has 0 radical (unpaired) electrons. The van der Waals surface area contributed by atoms with Crippen LogP contribution in [0.4, 0.5) is 5.69 Å². The summed E-state index contributed by atoms with van der Waals surface area (Å²) in [6.07, 6.45) is 1.12. The smallest absolute Gasteiger partial charge is 0.0986 e. The van der Waals surface area contributed by atoms with Gasteiger partial charge in [0.15, 0.2) is 0 Å². The van der Waals surface area contributed by atoms with Gasteiger partial charge in [-0.3, -0.25) is 5.10 Å².